The smallest absolute Gasteiger partial charge is 0.322 e. The van der Waals surface area contributed by atoms with Crippen LogP contribution in [0.2, 0.25) is 0 Å². The molecule has 4 amide bonds. The third-order valence-corrected chi connectivity index (χ3v) is 6.14. The zero-order valence-corrected chi connectivity index (χ0v) is 17.9. The van der Waals surface area contributed by atoms with Gasteiger partial charge in [-0.15, -0.1) is 0 Å². The molecule has 1 atom stereocenters. The van der Waals surface area contributed by atoms with Crippen LogP contribution >= 0.6 is 0 Å². The van der Waals surface area contributed by atoms with Gasteiger partial charge in [-0.05, 0) is 35.9 Å². The number of hydrogen-bond acceptors (Lipinski definition) is 7. The molecule has 34 heavy (non-hydrogen) atoms. The minimum atomic E-state index is -1.60. The highest BCUT2D eigenvalue weighted by atomic mass is 16.5. The topological polar surface area (TPSA) is 142 Å². The summed E-state index contributed by atoms with van der Waals surface area (Å²) >= 11 is 0. The third kappa shape index (κ3) is 2.94. The zero-order valence-electron chi connectivity index (χ0n) is 17.9. The van der Waals surface area contributed by atoms with Crippen molar-refractivity contribution in [1.29, 1.82) is 0 Å². The number of imide groups is 1. The summed E-state index contributed by atoms with van der Waals surface area (Å²) in [6, 6.07) is 11.5. The van der Waals surface area contributed by atoms with E-state index in [4.69, 9.17) is 9.15 Å². The molecule has 3 aromatic heterocycles. The number of aromatic nitrogens is 3. The summed E-state index contributed by atoms with van der Waals surface area (Å²) in [5, 5.41) is 11.7. The molecule has 0 aliphatic carbocycles. The van der Waals surface area contributed by atoms with E-state index in [-0.39, 0.29) is 24.8 Å². The van der Waals surface area contributed by atoms with Crippen LogP contribution in [0.5, 0.6) is 5.75 Å². The van der Waals surface area contributed by atoms with Gasteiger partial charge in [0.2, 0.25) is 0 Å². The van der Waals surface area contributed by atoms with E-state index in [1.165, 1.54) is 12.0 Å². The first kappa shape index (κ1) is 20.0. The van der Waals surface area contributed by atoms with Gasteiger partial charge in [-0.3, -0.25) is 20.0 Å². The van der Waals surface area contributed by atoms with Crippen molar-refractivity contribution < 1.29 is 23.5 Å². The second kappa shape index (κ2) is 7.17. The molecule has 6 rings (SSSR count). The van der Waals surface area contributed by atoms with E-state index in [1.54, 1.807) is 42.6 Å². The molecule has 0 bridgehead atoms. The van der Waals surface area contributed by atoms with Crippen LogP contribution in [0.1, 0.15) is 21.7 Å². The predicted octanol–water partition coefficient (Wildman–Crippen LogP) is 1.92. The molecule has 1 saturated heterocycles. The molecule has 2 aliphatic rings. The Hall–Kier alpha value is -4.67. The van der Waals surface area contributed by atoms with Crippen molar-refractivity contribution in [3.05, 3.63) is 65.5 Å². The number of carbonyl (C=O) groups is 3. The molecule has 2 aliphatic heterocycles. The molecule has 4 aromatic rings. The lowest BCUT2D eigenvalue weighted by Gasteiger charge is -2.28. The van der Waals surface area contributed by atoms with Gasteiger partial charge in [0.1, 0.15) is 17.0 Å². The largest absolute Gasteiger partial charge is 0.497 e. The van der Waals surface area contributed by atoms with E-state index < -0.39 is 17.5 Å². The Kier molecular flexibility index (Phi) is 4.21. The number of nitrogens with one attached hydrogen (secondary N) is 3. The number of carbonyl (C=O) groups excluding carboxylic acids is 3. The van der Waals surface area contributed by atoms with Crippen molar-refractivity contribution in [2.45, 2.75) is 12.1 Å². The van der Waals surface area contributed by atoms with Gasteiger partial charge in [0, 0.05) is 24.4 Å². The number of H-pyrrole nitrogens is 1. The van der Waals surface area contributed by atoms with Gasteiger partial charge in [0.15, 0.2) is 11.1 Å². The number of nitrogens with zero attached hydrogens (tertiary/aromatic N) is 3. The Bertz CT molecular complexity index is 1480. The lowest BCUT2D eigenvalue weighted by atomic mass is 9.95. The van der Waals surface area contributed by atoms with E-state index in [9.17, 15) is 14.4 Å². The molecular weight excluding hydrogens is 440 g/mol. The number of benzene rings is 1. The first-order chi connectivity index (χ1) is 16.5. The first-order valence-electron chi connectivity index (χ1n) is 10.5. The van der Waals surface area contributed by atoms with Gasteiger partial charge < -0.3 is 19.4 Å². The van der Waals surface area contributed by atoms with Crippen molar-refractivity contribution in [2.75, 3.05) is 13.7 Å². The van der Waals surface area contributed by atoms with E-state index in [0.29, 0.717) is 28.1 Å². The molecule has 0 radical (unpaired) electrons. The number of urea groups is 1. The molecule has 5 heterocycles. The van der Waals surface area contributed by atoms with Gasteiger partial charge in [-0.2, -0.15) is 5.10 Å². The summed E-state index contributed by atoms with van der Waals surface area (Å²) < 4.78 is 11.2. The fraction of sp³-hybridized carbons (Fsp3) is 0.174. The quantitative estimate of drug-likeness (QED) is 0.388. The van der Waals surface area contributed by atoms with E-state index in [0.717, 1.165) is 11.3 Å². The van der Waals surface area contributed by atoms with Crippen LogP contribution < -0.4 is 15.4 Å². The summed E-state index contributed by atoms with van der Waals surface area (Å²) in [5.74, 6) is -0.127. The zero-order chi connectivity index (χ0) is 23.4. The van der Waals surface area contributed by atoms with Crippen molar-refractivity contribution in [2.24, 2.45) is 0 Å². The Morgan fingerprint density at radius 3 is 2.76 bits per heavy atom. The second-order valence-corrected chi connectivity index (χ2v) is 8.16. The Morgan fingerprint density at radius 2 is 2.03 bits per heavy atom. The van der Waals surface area contributed by atoms with Crippen molar-refractivity contribution >= 4 is 28.9 Å². The number of fused-ring (bicyclic) bond motifs is 2. The lowest BCUT2D eigenvalue weighted by molar-refractivity contribution is -0.125. The summed E-state index contributed by atoms with van der Waals surface area (Å²) in [4.78, 5) is 44.5. The van der Waals surface area contributed by atoms with Crippen molar-refractivity contribution in [3.63, 3.8) is 0 Å². The number of amides is 4. The lowest BCUT2D eigenvalue weighted by Crippen LogP contribution is -2.52. The maximum Gasteiger partial charge on any atom is 0.322 e. The van der Waals surface area contributed by atoms with Gasteiger partial charge in [-0.1, -0.05) is 6.07 Å². The van der Waals surface area contributed by atoms with Crippen LogP contribution in [0.4, 0.5) is 4.79 Å². The molecule has 1 fully saturated rings. The summed E-state index contributed by atoms with van der Waals surface area (Å²) in [6.07, 6.45) is 1.62. The van der Waals surface area contributed by atoms with Gasteiger partial charge in [-0.25, -0.2) is 9.78 Å². The molecule has 0 saturated carbocycles. The molecule has 3 N–H and O–H groups in total. The molecule has 0 spiro atoms. The minimum Gasteiger partial charge on any atom is -0.497 e. The number of ether oxygens (including phenoxy) is 1. The van der Waals surface area contributed by atoms with Crippen LogP contribution in [0, 0.1) is 0 Å². The van der Waals surface area contributed by atoms with Gasteiger partial charge in [0.05, 0.1) is 25.0 Å². The minimum absolute atomic E-state index is 0.117. The Labute approximate surface area is 192 Å². The fourth-order valence-corrected chi connectivity index (χ4v) is 4.42. The van der Waals surface area contributed by atoms with Gasteiger partial charge in [0.25, 0.3) is 11.8 Å². The fourth-order valence-electron chi connectivity index (χ4n) is 4.42. The Balaban J connectivity index is 1.39. The highest BCUT2D eigenvalue weighted by Crippen LogP contribution is 2.35. The maximum absolute atomic E-state index is 13.1. The highest BCUT2D eigenvalue weighted by molar-refractivity contribution is 6.08. The monoisotopic (exact) mass is 458 g/mol. The summed E-state index contributed by atoms with van der Waals surface area (Å²) in [7, 11) is 1.53. The summed E-state index contributed by atoms with van der Waals surface area (Å²) in [5.41, 5.74) is 2.00. The SMILES string of the molecule is COc1ccc2c(c1)C(=O)N(CC1(c3cc4nc(-c5ccn[nH]5)ccc4o3)NC(=O)NC1=O)C2. The van der Waals surface area contributed by atoms with Gasteiger partial charge >= 0.3 is 6.03 Å². The van der Waals surface area contributed by atoms with E-state index in [1.807, 2.05) is 6.07 Å². The van der Waals surface area contributed by atoms with E-state index >= 15 is 0 Å². The van der Waals surface area contributed by atoms with Crippen molar-refractivity contribution in [1.82, 2.24) is 30.7 Å². The molecule has 11 heteroatoms. The number of pyridine rings is 1. The van der Waals surface area contributed by atoms with Crippen LogP contribution in [0.15, 0.2) is 53.1 Å². The van der Waals surface area contributed by atoms with E-state index in [2.05, 4.69) is 25.8 Å². The number of aromatic amines is 1. The average Bonchev–Trinajstić information content (AvgIpc) is 3.61. The average molecular weight is 458 g/mol. The normalized spacial score (nSPS) is 19.4. The standard InChI is InChI=1S/C23H18N6O5/c1-33-13-3-2-12-10-29(20(30)14(12)8-13)11-23(21(31)26-22(32)27-23)19-9-17-18(34-19)5-4-15(25-17)16-6-7-24-28-16/h2-9H,10-11H2,1H3,(H,24,28)(H2,26,27,31,32). The van der Waals surface area contributed by atoms with Crippen LogP contribution in [0.3, 0.4) is 0 Å². The molecule has 1 aromatic carbocycles. The number of methoxy groups -OCH3 is 1. The predicted molar refractivity (Wildman–Crippen MR) is 118 cm³/mol. The van der Waals surface area contributed by atoms with Crippen molar-refractivity contribution in [3.8, 4) is 17.1 Å². The van der Waals surface area contributed by atoms with Crippen LogP contribution in [-0.4, -0.2) is 51.6 Å². The van der Waals surface area contributed by atoms with Crippen LogP contribution in [0.25, 0.3) is 22.5 Å². The number of furan rings is 1. The Morgan fingerprint density at radius 1 is 1.15 bits per heavy atom. The molecule has 1 unspecified atom stereocenters. The highest BCUT2D eigenvalue weighted by Gasteiger charge is 2.53. The number of hydrogen-bond donors (Lipinski definition) is 3. The molecular formula is C23H18N6O5. The summed E-state index contributed by atoms with van der Waals surface area (Å²) in [6.45, 7) is 0.166. The number of rotatable bonds is 5. The third-order valence-electron chi connectivity index (χ3n) is 6.14. The molecule has 170 valence electrons. The van der Waals surface area contributed by atoms with Crippen LogP contribution in [-0.2, 0) is 16.9 Å². The molecule has 11 nitrogen and oxygen atoms in total. The first-order valence-corrected chi connectivity index (χ1v) is 10.5. The second-order valence-electron chi connectivity index (χ2n) is 8.16. The maximum atomic E-state index is 13.1.